The smallest absolute Gasteiger partial charge is 0.241 e. The van der Waals surface area contributed by atoms with Crippen LogP contribution >= 0.6 is 0 Å². The second-order valence-corrected chi connectivity index (χ2v) is 8.49. The van der Waals surface area contributed by atoms with E-state index in [-0.39, 0.29) is 24.6 Å². The summed E-state index contributed by atoms with van der Waals surface area (Å²) in [5.41, 5.74) is 2.07. The Labute approximate surface area is 208 Å². The van der Waals surface area contributed by atoms with Gasteiger partial charge >= 0.3 is 0 Å². The summed E-state index contributed by atoms with van der Waals surface area (Å²) >= 11 is 0. The van der Waals surface area contributed by atoms with E-state index < -0.39 is 5.41 Å². The van der Waals surface area contributed by atoms with Gasteiger partial charge in [0.15, 0.2) is 5.41 Å². The number of hydrogen-bond acceptors (Lipinski definition) is 4. The van der Waals surface area contributed by atoms with Crippen LogP contribution in [0, 0.1) is 6.92 Å². The molecule has 0 unspecified atom stereocenters. The van der Waals surface area contributed by atoms with Crippen molar-refractivity contribution in [2.75, 3.05) is 20.3 Å². The van der Waals surface area contributed by atoms with Gasteiger partial charge in [0.05, 0.1) is 6.67 Å². The molecule has 0 aromatic heterocycles. The van der Waals surface area contributed by atoms with Gasteiger partial charge in [-0.3, -0.25) is 9.59 Å². The van der Waals surface area contributed by atoms with E-state index in [1.807, 2.05) is 68.6 Å². The Morgan fingerprint density at radius 1 is 0.886 bits per heavy atom. The van der Waals surface area contributed by atoms with E-state index in [4.69, 9.17) is 4.74 Å². The van der Waals surface area contributed by atoms with E-state index in [2.05, 4.69) is 53.2 Å². The highest BCUT2D eigenvalue weighted by atomic mass is 16.5. The average molecular weight is 474 g/mol. The predicted molar refractivity (Wildman–Crippen MR) is 139 cm³/mol. The molecule has 1 aliphatic heterocycles. The second kappa shape index (κ2) is 12.7. The molecule has 0 saturated carbocycles. The zero-order valence-electron chi connectivity index (χ0n) is 20.7. The summed E-state index contributed by atoms with van der Waals surface area (Å²) in [5, 5.41) is 8.55. The normalized spacial score (nSPS) is 15.2. The maximum atomic E-state index is 12.0. The Hall–Kier alpha value is -3.64. The molecule has 3 N–H and O–H groups in total. The lowest BCUT2D eigenvalue weighted by molar-refractivity contribution is -0.141. The Kier molecular flexibility index (Phi) is 9.44. The number of para-hydroxylation sites is 1. The minimum Gasteiger partial charge on any atom is -0.485 e. The summed E-state index contributed by atoms with van der Waals surface area (Å²) in [5.74, 6) is 0.530. The fraction of sp³-hybridized carbons (Fsp3) is 0.310. The van der Waals surface area contributed by atoms with Crippen molar-refractivity contribution in [1.82, 2.24) is 16.0 Å². The molecule has 3 aromatic carbocycles. The number of nitrogens with one attached hydrogen (secondary N) is 3. The highest BCUT2D eigenvalue weighted by molar-refractivity contribution is 6.12. The number of benzene rings is 3. The minimum absolute atomic E-state index is 0.0924. The molecule has 4 rings (SSSR count). The van der Waals surface area contributed by atoms with Gasteiger partial charge in [0.2, 0.25) is 11.8 Å². The van der Waals surface area contributed by atoms with E-state index in [1.54, 1.807) is 0 Å². The zero-order chi connectivity index (χ0) is 25.1. The number of aryl methyl sites for hydroxylation is 1. The molecule has 2 amide bonds. The van der Waals surface area contributed by atoms with Crippen molar-refractivity contribution in [3.63, 3.8) is 0 Å². The summed E-state index contributed by atoms with van der Waals surface area (Å²) in [4.78, 5) is 24.0. The lowest BCUT2D eigenvalue weighted by Gasteiger charge is -2.34. The van der Waals surface area contributed by atoms with Gasteiger partial charge in [-0.25, -0.2) is 0 Å². The van der Waals surface area contributed by atoms with Crippen molar-refractivity contribution in [3.8, 4) is 5.75 Å². The van der Waals surface area contributed by atoms with E-state index in [9.17, 15) is 9.59 Å². The van der Waals surface area contributed by atoms with Crippen LogP contribution < -0.4 is 20.7 Å². The second-order valence-electron chi connectivity index (χ2n) is 8.49. The third-order valence-electron chi connectivity index (χ3n) is 6.26. The lowest BCUT2D eigenvalue weighted by Crippen LogP contribution is -2.62. The Morgan fingerprint density at radius 3 is 2.03 bits per heavy atom. The van der Waals surface area contributed by atoms with Crippen LogP contribution in [-0.4, -0.2) is 32.1 Å². The highest BCUT2D eigenvalue weighted by Gasteiger charge is 2.47. The van der Waals surface area contributed by atoms with Gasteiger partial charge in [-0.1, -0.05) is 85.8 Å². The molecular formula is C29H35N3O3. The van der Waals surface area contributed by atoms with Gasteiger partial charge < -0.3 is 20.7 Å². The first-order valence-corrected chi connectivity index (χ1v) is 12.1. The first-order chi connectivity index (χ1) is 17.0. The van der Waals surface area contributed by atoms with Crippen LogP contribution in [0.2, 0.25) is 0 Å². The predicted octanol–water partition coefficient (Wildman–Crippen LogP) is 4.26. The van der Waals surface area contributed by atoms with E-state index in [0.29, 0.717) is 6.42 Å². The van der Waals surface area contributed by atoms with Gasteiger partial charge in [-0.2, -0.15) is 0 Å². The largest absolute Gasteiger partial charge is 0.485 e. The molecule has 0 bridgehead atoms. The molecule has 35 heavy (non-hydrogen) atoms. The number of hydrogen-bond donors (Lipinski definition) is 3. The number of carbonyl (C=O) groups excluding carboxylic acids is 2. The summed E-state index contributed by atoms with van der Waals surface area (Å²) in [6, 6.07) is 27.7. The highest BCUT2D eigenvalue weighted by Crippen LogP contribution is 2.30. The van der Waals surface area contributed by atoms with Crippen LogP contribution in [0.15, 0.2) is 84.9 Å². The van der Waals surface area contributed by atoms with Gasteiger partial charge in [-0.15, -0.1) is 0 Å². The van der Waals surface area contributed by atoms with E-state index in [1.165, 1.54) is 11.1 Å². The van der Waals surface area contributed by atoms with Crippen LogP contribution in [0.25, 0.3) is 0 Å². The van der Waals surface area contributed by atoms with Crippen LogP contribution in [-0.2, 0) is 15.0 Å². The molecule has 3 aromatic rings. The number of carbonyl (C=O) groups is 2. The number of ether oxygens (including phenoxy) is 1. The molecule has 1 aliphatic rings. The molecule has 0 aliphatic carbocycles. The van der Waals surface area contributed by atoms with Crippen molar-refractivity contribution in [1.29, 1.82) is 0 Å². The molecule has 0 spiro atoms. The summed E-state index contributed by atoms with van der Waals surface area (Å²) in [7, 11) is 1.97. The van der Waals surface area contributed by atoms with Gasteiger partial charge in [-0.05, 0) is 49.7 Å². The summed E-state index contributed by atoms with van der Waals surface area (Å²) in [6.07, 6.45) is 1.50. The molecule has 6 nitrogen and oxygen atoms in total. The Bertz CT molecular complexity index is 1070. The molecular weight excluding hydrogens is 438 g/mol. The molecule has 1 fully saturated rings. The summed E-state index contributed by atoms with van der Waals surface area (Å²) in [6.45, 7) is 5.07. The van der Waals surface area contributed by atoms with Gasteiger partial charge in [0.1, 0.15) is 11.9 Å². The lowest BCUT2D eigenvalue weighted by atomic mass is 9.75. The third-order valence-corrected chi connectivity index (χ3v) is 6.26. The number of rotatable bonds is 8. The fourth-order valence-corrected chi connectivity index (χ4v) is 4.20. The minimum atomic E-state index is -1.07. The molecule has 1 atom stereocenters. The summed E-state index contributed by atoms with van der Waals surface area (Å²) < 4.78 is 6.19. The van der Waals surface area contributed by atoms with Crippen molar-refractivity contribution in [3.05, 3.63) is 102 Å². The zero-order valence-corrected chi connectivity index (χ0v) is 20.7. The van der Waals surface area contributed by atoms with Crippen LogP contribution in [0.1, 0.15) is 42.6 Å². The quantitative estimate of drug-likeness (QED) is 0.427. The number of amides is 2. The van der Waals surface area contributed by atoms with Crippen molar-refractivity contribution in [2.45, 2.75) is 38.2 Å². The molecule has 6 heteroatoms. The standard InChI is InChI=1S/C17H21NO.C12H14N2O2/c1-14-8-6-7-11-16(14)19-17(12-13-18-2)15-9-4-3-5-10-15;1-2-12(9-6-4-3-5-7-9)10(15)13-8-14-11(12)16/h3-11,17-18H,12-13H2,1-2H3;3-7H,2,8H2,1H3,(H,13,15)(H,14,16)/t17-;/m1./s1. The van der Waals surface area contributed by atoms with Gasteiger partial charge in [0, 0.05) is 6.42 Å². The molecule has 1 saturated heterocycles. The third kappa shape index (κ3) is 6.28. The molecule has 0 radical (unpaired) electrons. The maximum absolute atomic E-state index is 12.0. The molecule has 184 valence electrons. The van der Waals surface area contributed by atoms with Crippen molar-refractivity contribution in [2.24, 2.45) is 0 Å². The maximum Gasteiger partial charge on any atom is 0.241 e. The Morgan fingerprint density at radius 2 is 1.46 bits per heavy atom. The average Bonchev–Trinajstić information content (AvgIpc) is 2.89. The first-order valence-electron chi connectivity index (χ1n) is 12.1. The van der Waals surface area contributed by atoms with Crippen LogP contribution in [0.3, 0.4) is 0 Å². The first kappa shape index (κ1) is 26.0. The van der Waals surface area contributed by atoms with Crippen molar-refractivity contribution >= 4 is 11.8 Å². The van der Waals surface area contributed by atoms with E-state index >= 15 is 0 Å². The Balaban J connectivity index is 0.000000198. The SMILES string of the molecule is CCC1(c2ccccc2)C(=O)NCNC1=O.CNCC[C@@H](Oc1ccccc1C)c1ccccc1. The van der Waals surface area contributed by atoms with Gasteiger partial charge in [0.25, 0.3) is 0 Å². The van der Waals surface area contributed by atoms with E-state index in [0.717, 1.165) is 24.3 Å². The molecule has 1 heterocycles. The van der Waals surface area contributed by atoms with Crippen LogP contribution in [0.4, 0.5) is 0 Å². The fourth-order valence-electron chi connectivity index (χ4n) is 4.20. The van der Waals surface area contributed by atoms with Crippen molar-refractivity contribution < 1.29 is 14.3 Å². The topological polar surface area (TPSA) is 79.5 Å². The monoisotopic (exact) mass is 473 g/mol. The van der Waals surface area contributed by atoms with Crippen LogP contribution in [0.5, 0.6) is 5.75 Å².